The van der Waals surface area contributed by atoms with Crippen LogP contribution in [0.15, 0.2) is 12.3 Å². The number of hydrogen-bond donors (Lipinski definition) is 0. The summed E-state index contributed by atoms with van der Waals surface area (Å²) in [5.41, 5.74) is 0.976. The highest BCUT2D eigenvalue weighted by Crippen LogP contribution is 2.32. The van der Waals surface area contributed by atoms with Crippen LogP contribution in [0.4, 0.5) is 5.82 Å². The monoisotopic (exact) mass is 299 g/mol. The zero-order valence-electron chi connectivity index (χ0n) is 11.1. The summed E-state index contributed by atoms with van der Waals surface area (Å²) >= 11 is 12.2. The molecule has 2 fully saturated rings. The van der Waals surface area contributed by atoms with Crippen LogP contribution in [-0.2, 0) is 5.88 Å². The molecule has 3 heterocycles. The number of likely N-dealkylation sites (N-methyl/N-ethyl adjacent to an activating group) is 1. The second kappa shape index (κ2) is 5.47. The topological polar surface area (TPSA) is 19.4 Å². The summed E-state index contributed by atoms with van der Waals surface area (Å²) in [5, 5.41) is 0.721. The van der Waals surface area contributed by atoms with Gasteiger partial charge < -0.3 is 4.90 Å². The van der Waals surface area contributed by atoms with Gasteiger partial charge in [0.15, 0.2) is 0 Å². The molecule has 2 bridgehead atoms. The lowest BCUT2D eigenvalue weighted by Gasteiger charge is -2.27. The third kappa shape index (κ3) is 2.56. The largest absolute Gasteiger partial charge is 0.354 e. The number of rotatable bonds is 2. The molecule has 3 rings (SSSR count). The van der Waals surface area contributed by atoms with Crippen molar-refractivity contribution in [3.63, 3.8) is 0 Å². The molecule has 1 aromatic heterocycles. The second-order valence-electron chi connectivity index (χ2n) is 5.57. The fourth-order valence-electron chi connectivity index (χ4n) is 3.28. The summed E-state index contributed by atoms with van der Waals surface area (Å²) in [6.45, 7) is 2.07. The Balaban J connectivity index is 1.82. The van der Waals surface area contributed by atoms with Crippen molar-refractivity contribution in [3.8, 4) is 0 Å². The Kier molecular flexibility index (Phi) is 3.88. The molecule has 3 nitrogen and oxygen atoms in total. The quantitative estimate of drug-likeness (QED) is 0.782. The zero-order valence-corrected chi connectivity index (χ0v) is 12.7. The summed E-state index contributed by atoms with van der Waals surface area (Å²) in [7, 11) is 2.25. The van der Waals surface area contributed by atoms with E-state index in [9.17, 15) is 0 Å². The normalized spacial score (nSPS) is 27.6. The lowest BCUT2D eigenvalue weighted by Crippen LogP contribution is -2.37. The lowest BCUT2D eigenvalue weighted by atomic mass is 10.1. The van der Waals surface area contributed by atoms with E-state index in [1.165, 1.54) is 19.3 Å². The van der Waals surface area contributed by atoms with Crippen LogP contribution in [0.3, 0.4) is 0 Å². The van der Waals surface area contributed by atoms with Crippen LogP contribution in [0.5, 0.6) is 0 Å². The molecule has 2 saturated heterocycles. The first kappa shape index (κ1) is 13.5. The number of aromatic nitrogens is 1. The van der Waals surface area contributed by atoms with E-state index in [1.54, 1.807) is 0 Å². The number of pyridine rings is 1. The molecular weight excluding hydrogens is 281 g/mol. The van der Waals surface area contributed by atoms with Gasteiger partial charge in [0.25, 0.3) is 0 Å². The second-order valence-corrected chi connectivity index (χ2v) is 6.24. The van der Waals surface area contributed by atoms with Crippen LogP contribution in [0.25, 0.3) is 0 Å². The molecular formula is C14H19Cl2N3. The van der Waals surface area contributed by atoms with Gasteiger partial charge in [0.1, 0.15) is 5.82 Å². The Labute approximate surface area is 124 Å². The third-order valence-electron chi connectivity index (χ3n) is 4.48. The number of alkyl halides is 1. The van der Waals surface area contributed by atoms with Gasteiger partial charge >= 0.3 is 0 Å². The number of hydrogen-bond acceptors (Lipinski definition) is 3. The average Bonchev–Trinajstić information content (AvgIpc) is 2.64. The van der Waals surface area contributed by atoms with Gasteiger partial charge in [-0.1, -0.05) is 11.6 Å². The minimum Gasteiger partial charge on any atom is -0.354 e. The van der Waals surface area contributed by atoms with E-state index in [0.29, 0.717) is 11.9 Å². The Morgan fingerprint density at radius 1 is 1.32 bits per heavy atom. The standard InChI is InChI=1S/C14H19Cl2N3/c1-18-11-2-3-12(18)9-19(5-4-11)14-13(16)6-10(7-15)8-17-14/h6,8,11-12H,2-5,7,9H2,1H3. The zero-order chi connectivity index (χ0) is 13.4. The van der Waals surface area contributed by atoms with E-state index in [1.807, 2.05) is 12.3 Å². The smallest absolute Gasteiger partial charge is 0.147 e. The molecule has 104 valence electrons. The maximum atomic E-state index is 6.36. The molecule has 0 N–H and O–H groups in total. The van der Waals surface area contributed by atoms with Crippen molar-refractivity contribution in [3.05, 3.63) is 22.8 Å². The molecule has 2 aliphatic rings. The SMILES string of the molecule is CN1C2CCC1CN(c1ncc(CCl)cc1Cl)CC2. The van der Waals surface area contributed by atoms with Crippen molar-refractivity contribution in [2.75, 3.05) is 25.0 Å². The maximum absolute atomic E-state index is 6.36. The summed E-state index contributed by atoms with van der Waals surface area (Å²) in [6.07, 6.45) is 5.65. The number of nitrogens with zero attached hydrogens (tertiary/aromatic N) is 3. The minimum absolute atomic E-state index is 0.459. The van der Waals surface area contributed by atoms with E-state index >= 15 is 0 Å². The lowest BCUT2D eigenvalue weighted by molar-refractivity contribution is 0.254. The number of halogens is 2. The number of anilines is 1. The molecule has 0 radical (unpaired) electrons. The van der Waals surface area contributed by atoms with E-state index in [2.05, 4.69) is 21.8 Å². The van der Waals surface area contributed by atoms with Crippen LogP contribution < -0.4 is 4.90 Å². The Morgan fingerprint density at radius 3 is 2.84 bits per heavy atom. The van der Waals surface area contributed by atoms with Gasteiger partial charge in [-0.25, -0.2) is 4.98 Å². The third-order valence-corrected chi connectivity index (χ3v) is 5.07. The molecule has 2 aliphatic heterocycles. The Bertz CT molecular complexity index is 466. The highest BCUT2D eigenvalue weighted by molar-refractivity contribution is 6.33. The predicted octanol–water partition coefficient (Wildman–Crippen LogP) is 3.15. The van der Waals surface area contributed by atoms with E-state index in [4.69, 9.17) is 23.2 Å². The van der Waals surface area contributed by atoms with Gasteiger partial charge in [-0.2, -0.15) is 0 Å². The summed E-state index contributed by atoms with van der Waals surface area (Å²) in [4.78, 5) is 9.38. The van der Waals surface area contributed by atoms with Crippen LogP contribution >= 0.6 is 23.2 Å². The van der Waals surface area contributed by atoms with Gasteiger partial charge in [0.2, 0.25) is 0 Å². The molecule has 0 aromatic carbocycles. The molecule has 0 saturated carbocycles. The number of fused-ring (bicyclic) bond motifs is 2. The van der Waals surface area contributed by atoms with Crippen LogP contribution in [0.1, 0.15) is 24.8 Å². The highest BCUT2D eigenvalue weighted by Gasteiger charge is 2.35. The predicted molar refractivity (Wildman–Crippen MR) is 80.2 cm³/mol. The molecule has 0 spiro atoms. The van der Waals surface area contributed by atoms with Crippen molar-refractivity contribution >= 4 is 29.0 Å². The molecule has 0 aliphatic carbocycles. The fourth-order valence-corrected chi connectivity index (χ4v) is 3.73. The van der Waals surface area contributed by atoms with Crippen LogP contribution in [0.2, 0.25) is 5.02 Å². The maximum Gasteiger partial charge on any atom is 0.147 e. The van der Waals surface area contributed by atoms with Crippen molar-refractivity contribution < 1.29 is 0 Å². The molecule has 2 unspecified atom stereocenters. The molecule has 2 atom stereocenters. The van der Waals surface area contributed by atoms with E-state index < -0.39 is 0 Å². The fraction of sp³-hybridized carbons (Fsp3) is 0.643. The van der Waals surface area contributed by atoms with Gasteiger partial charge in [-0.05, 0) is 37.9 Å². The van der Waals surface area contributed by atoms with Gasteiger partial charge in [-0.15, -0.1) is 11.6 Å². The van der Waals surface area contributed by atoms with Crippen molar-refractivity contribution in [2.45, 2.75) is 37.2 Å². The molecule has 5 heteroatoms. The summed E-state index contributed by atoms with van der Waals surface area (Å²) < 4.78 is 0. The first-order valence-electron chi connectivity index (χ1n) is 6.86. The van der Waals surface area contributed by atoms with Crippen molar-refractivity contribution in [1.29, 1.82) is 0 Å². The van der Waals surface area contributed by atoms with Gasteiger partial charge in [0, 0.05) is 37.3 Å². The summed E-state index contributed by atoms with van der Waals surface area (Å²) in [5.74, 6) is 1.37. The van der Waals surface area contributed by atoms with Crippen molar-refractivity contribution in [2.24, 2.45) is 0 Å². The Morgan fingerprint density at radius 2 is 2.11 bits per heavy atom. The molecule has 1 aromatic rings. The highest BCUT2D eigenvalue weighted by atomic mass is 35.5. The van der Waals surface area contributed by atoms with Gasteiger partial charge in [0.05, 0.1) is 5.02 Å². The van der Waals surface area contributed by atoms with Gasteiger partial charge in [-0.3, -0.25) is 4.90 Å². The van der Waals surface area contributed by atoms with Crippen molar-refractivity contribution in [1.82, 2.24) is 9.88 Å². The Hall–Kier alpha value is -0.510. The first-order valence-corrected chi connectivity index (χ1v) is 7.77. The molecule has 19 heavy (non-hydrogen) atoms. The first-order chi connectivity index (χ1) is 9.19. The van der Waals surface area contributed by atoms with Crippen LogP contribution in [0, 0.1) is 0 Å². The van der Waals surface area contributed by atoms with E-state index in [0.717, 1.165) is 35.5 Å². The average molecular weight is 300 g/mol. The molecule has 0 amide bonds. The van der Waals surface area contributed by atoms with E-state index in [-0.39, 0.29) is 0 Å². The van der Waals surface area contributed by atoms with Crippen LogP contribution in [-0.4, -0.2) is 42.1 Å². The summed E-state index contributed by atoms with van der Waals surface area (Å²) in [6, 6.07) is 3.30. The minimum atomic E-state index is 0.459.